The second-order valence-electron chi connectivity index (χ2n) is 11.6. The molecule has 1 aromatic heterocycles. The number of para-hydroxylation sites is 1. The lowest BCUT2D eigenvalue weighted by Crippen LogP contribution is -2.55. The molecule has 2 atom stereocenters. The van der Waals surface area contributed by atoms with Gasteiger partial charge in [-0.3, -0.25) is 29.2 Å². The lowest BCUT2D eigenvalue weighted by molar-refractivity contribution is -0.130. The number of rotatable bonds is 11. The van der Waals surface area contributed by atoms with Crippen molar-refractivity contribution in [1.29, 1.82) is 0 Å². The highest BCUT2D eigenvalue weighted by Gasteiger charge is 2.34. The van der Waals surface area contributed by atoms with Gasteiger partial charge >= 0.3 is 7.82 Å². The molecule has 0 saturated heterocycles. The molecule has 3 aromatic rings. The number of aromatic nitrogens is 1. The SMILES string of the molecule is CC(=O)N[C@@H](Cc1ccc(OP(=O)(O)O)c2ncccc12)C(=O)N[C@H]1CSc2ccccc2N(CCCC2CCCCC2)C1=O. The Morgan fingerprint density at radius 3 is 2.64 bits per heavy atom. The number of phosphoric ester groups is 1. The number of pyridine rings is 1. The molecule has 1 aliphatic heterocycles. The predicted molar refractivity (Wildman–Crippen MR) is 173 cm³/mol. The van der Waals surface area contributed by atoms with Crippen molar-refractivity contribution in [3.05, 3.63) is 60.3 Å². The molecule has 4 N–H and O–H groups in total. The number of nitrogens with one attached hydrogen (secondary N) is 2. The van der Waals surface area contributed by atoms with Crippen LogP contribution in [0.2, 0.25) is 0 Å². The molecule has 45 heavy (non-hydrogen) atoms. The minimum Gasteiger partial charge on any atom is -0.402 e. The van der Waals surface area contributed by atoms with E-state index in [0.29, 0.717) is 29.2 Å². The third-order valence-electron chi connectivity index (χ3n) is 8.32. The second kappa shape index (κ2) is 14.8. The zero-order chi connectivity index (χ0) is 32.0. The number of anilines is 1. The van der Waals surface area contributed by atoms with Crippen molar-refractivity contribution in [3.63, 3.8) is 0 Å². The van der Waals surface area contributed by atoms with Crippen LogP contribution < -0.4 is 20.1 Å². The summed E-state index contributed by atoms with van der Waals surface area (Å²) in [6, 6.07) is 12.3. The van der Waals surface area contributed by atoms with Gasteiger partial charge < -0.3 is 20.1 Å². The molecule has 0 spiro atoms. The minimum absolute atomic E-state index is 0.0448. The number of carbonyl (C=O) groups is 3. The Labute approximate surface area is 266 Å². The molecule has 2 aromatic carbocycles. The van der Waals surface area contributed by atoms with Gasteiger partial charge in [0.25, 0.3) is 0 Å². The molecule has 2 aliphatic rings. The molecule has 1 fully saturated rings. The Morgan fingerprint density at radius 1 is 1.11 bits per heavy atom. The molecule has 13 heteroatoms. The summed E-state index contributed by atoms with van der Waals surface area (Å²) in [6.07, 6.45) is 9.80. The van der Waals surface area contributed by atoms with Crippen molar-refractivity contribution in [2.24, 2.45) is 5.92 Å². The Kier molecular flexibility index (Phi) is 10.8. The van der Waals surface area contributed by atoms with Gasteiger partial charge in [-0.2, -0.15) is 0 Å². The van der Waals surface area contributed by atoms with Crippen molar-refractivity contribution in [3.8, 4) is 5.75 Å². The fourth-order valence-electron chi connectivity index (χ4n) is 6.23. The second-order valence-corrected chi connectivity index (χ2v) is 13.9. The van der Waals surface area contributed by atoms with Crippen molar-refractivity contribution in [1.82, 2.24) is 15.6 Å². The molecule has 11 nitrogen and oxygen atoms in total. The largest absolute Gasteiger partial charge is 0.524 e. The third kappa shape index (κ3) is 8.64. The highest BCUT2D eigenvalue weighted by atomic mass is 32.2. The molecule has 1 saturated carbocycles. The van der Waals surface area contributed by atoms with Gasteiger partial charge in [0.1, 0.15) is 17.6 Å². The van der Waals surface area contributed by atoms with Gasteiger partial charge in [0.15, 0.2) is 5.75 Å². The molecule has 0 bridgehead atoms. The maximum absolute atomic E-state index is 14.0. The lowest BCUT2D eigenvalue weighted by atomic mass is 9.86. The maximum atomic E-state index is 14.0. The standard InChI is InChI=1S/C32H39N4O7PS/c1-21(37)34-25(19-23-15-16-28(43-44(40,41)42)30-24(23)12-7-17-33-30)31(38)35-26-20-45-29-14-6-5-13-27(29)36(32(26)39)18-8-11-22-9-3-2-4-10-22/h5-7,12-17,22,25-26H,2-4,8-11,18-20H2,1H3,(H,34,37)(H,35,38)(H2,40,41,42)/t25-,26-/m0/s1. The number of fused-ring (bicyclic) bond motifs is 2. The van der Waals surface area contributed by atoms with Gasteiger partial charge in [-0.15, -0.1) is 11.8 Å². The van der Waals surface area contributed by atoms with E-state index >= 15 is 0 Å². The average molecular weight is 655 g/mol. The number of carbonyl (C=O) groups excluding carboxylic acids is 3. The van der Waals surface area contributed by atoms with Crippen molar-refractivity contribution in [2.45, 2.75) is 75.3 Å². The highest BCUT2D eigenvalue weighted by molar-refractivity contribution is 7.99. The van der Waals surface area contributed by atoms with Gasteiger partial charge in [0.2, 0.25) is 17.7 Å². The fourth-order valence-corrected chi connectivity index (χ4v) is 7.71. The third-order valence-corrected chi connectivity index (χ3v) is 9.91. The van der Waals surface area contributed by atoms with Crippen LogP contribution in [-0.2, 0) is 25.4 Å². The smallest absolute Gasteiger partial charge is 0.402 e. The Hall–Kier alpha value is -3.44. The van der Waals surface area contributed by atoms with E-state index < -0.39 is 31.7 Å². The first-order valence-electron chi connectivity index (χ1n) is 15.3. The van der Waals surface area contributed by atoms with Crippen LogP contribution in [0, 0.1) is 5.92 Å². The molecule has 5 rings (SSSR count). The van der Waals surface area contributed by atoms with E-state index in [4.69, 9.17) is 4.52 Å². The van der Waals surface area contributed by atoms with Gasteiger partial charge in [0, 0.05) is 42.1 Å². The van der Waals surface area contributed by atoms with Crippen LogP contribution in [0.1, 0.15) is 57.4 Å². The van der Waals surface area contributed by atoms with Gasteiger partial charge in [-0.25, -0.2) is 4.57 Å². The quantitative estimate of drug-likeness (QED) is 0.214. The van der Waals surface area contributed by atoms with Crippen molar-refractivity contribution >= 4 is 53.9 Å². The van der Waals surface area contributed by atoms with Gasteiger partial charge in [-0.1, -0.05) is 56.4 Å². The summed E-state index contributed by atoms with van der Waals surface area (Å²) in [5.74, 6) is -0.174. The summed E-state index contributed by atoms with van der Waals surface area (Å²) in [4.78, 5) is 65.6. The van der Waals surface area contributed by atoms with Crippen molar-refractivity contribution < 1.29 is 33.3 Å². The van der Waals surface area contributed by atoms with E-state index in [2.05, 4.69) is 15.6 Å². The zero-order valence-corrected chi connectivity index (χ0v) is 26.9. The summed E-state index contributed by atoms with van der Waals surface area (Å²) in [6.45, 7) is 1.88. The first-order valence-corrected chi connectivity index (χ1v) is 17.8. The fraction of sp³-hybridized carbons (Fsp3) is 0.438. The maximum Gasteiger partial charge on any atom is 0.524 e. The summed E-state index contributed by atoms with van der Waals surface area (Å²) in [5, 5.41) is 6.13. The predicted octanol–water partition coefficient (Wildman–Crippen LogP) is 4.74. The monoisotopic (exact) mass is 654 g/mol. The molecule has 0 radical (unpaired) electrons. The van der Waals surface area contributed by atoms with E-state index in [9.17, 15) is 28.7 Å². The Morgan fingerprint density at radius 2 is 1.89 bits per heavy atom. The van der Waals surface area contributed by atoms with Crippen LogP contribution in [-0.4, -0.2) is 56.9 Å². The number of nitrogens with zero attached hydrogens (tertiary/aromatic N) is 2. The molecule has 240 valence electrons. The molecular weight excluding hydrogens is 615 g/mol. The van der Waals surface area contributed by atoms with E-state index in [1.165, 1.54) is 63.1 Å². The van der Waals surface area contributed by atoms with Crippen LogP contribution >= 0.6 is 19.6 Å². The summed E-state index contributed by atoms with van der Waals surface area (Å²) in [7, 11) is -4.84. The number of hydrogen-bond acceptors (Lipinski definition) is 7. The summed E-state index contributed by atoms with van der Waals surface area (Å²) < 4.78 is 16.3. The van der Waals surface area contributed by atoms with Crippen LogP contribution in [0.25, 0.3) is 10.9 Å². The van der Waals surface area contributed by atoms with Crippen LogP contribution in [0.4, 0.5) is 5.69 Å². The zero-order valence-electron chi connectivity index (χ0n) is 25.2. The first kappa shape index (κ1) is 32.9. The van der Waals surface area contributed by atoms with Gasteiger partial charge in [0.05, 0.1) is 5.69 Å². The Balaban J connectivity index is 1.34. The molecule has 3 amide bonds. The molecule has 0 unspecified atom stereocenters. The van der Waals surface area contributed by atoms with E-state index in [1.807, 2.05) is 24.3 Å². The van der Waals surface area contributed by atoms with E-state index in [1.54, 1.807) is 23.1 Å². The first-order chi connectivity index (χ1) is 21.6. The number of benzene rings is 2. The van der Waals surface area contributed by atoms with Crippen LogP contribution in [0.5, 0.6) is 5.75 Å². The number of thioether (sulfide) groups is 1. The summed E-state index contributed by atoms with van der Waals surface area (Å²) >= 11 is 1.52. The van der Waals surface area contributed by atoms with Crippen LogP contribution in [0.15, 0.2) is 59.6 Å². The Bertz CT molecular complexity index is 1590. The van der Waals surface area contributed by atoms with Crippen LogP contribution in [0.3, 0.4) is 0 Å². The molecule has 1 aliphatic carbocycles. The average Bonchev–Trinajstić information content (AvgIpc) is 3.14. The number of amides is 3. The highest BCUT2D eigenvalue weighted by Crippen LogP contribution is 2.41. The van der Waals surface area contributed by atoms with Crippen molar-refractivity contribution in [2.75, 3.05) is 17.2 Å². The van der Waals surface area contributed by atoms with E-state index in [0.717, 1.165) is 23.4 Å². The summed E-state index contributed by atoms with van der Waals surface area (Å²) in [5.41, 5.74) is 1.66. The number of phosphoric acid groups is 1. The van der Waals surface area contributed by atoms with E-state index in [-0.39, 0.29) is 23.6 Å². The molecular formula is C32H39N4O7PS. The lowest BCUT2D eigenvalue weighted by Gasteiger charge is -2.28. The topological polar surface area (TPSA) is 158 Å². The van der Waals surface area contributed by atoms with Gasteiger partial charge in [-0.05, 0) is 48.6 Å². The molecule has 2 heterocycles. The normalized spacial score (nSPS) is 18.2. The minimum atomic E-state index is -4.84. The number of hydrogen-bond donors (Lipinski definition) is 4.